The zero-order chi connectivity index (χ0) is 13.0. The molecule has 2 rings (SSSR count). The predicted octanol–water partition coefficient (Wildman–Crippen LogP) is 0.713. The van der Waals surface area contributed by atoms with Crippen LogP contribution in [-0.2, 0) is 6.54 Å². The number of likely N-dealkylation sites (tertiary alicyclic amines) is 1. The van der Waals surface area contributed by atoms with Crippen LogP contribution in [-0.4, -0.2) is 48.6 Å². The molecule has 1 saturated heterocycles. The molecular weight excluding hydrogens is 226 g/mol. The minimum Gasteiger partial charge on any atom is -0.358 e. The van der Waals surface area contributed by atoms with Crippen molar-refractivity contribution in [3.8, 4) is 0 Å². The molecule has 0 saturated carbocycles. The van der Waals surface area contributed by atoms with Crippen molar-refractivity contribution in [2.75, 3.05) is 38.6 Å². The SMILES string of the molecule is CN1CCC(CN(C)c2cncc(CN)n2)CC1. The van der Waals surface area contributed by atoms with Gasteiger partial charge in [-0.15, -0.1) is 0 Å². The molecule has 1 aliphatic heterocycles. The largest absolute Gasteiger partial charge is 0.358 e. The van der Waals surface area contributed by atoms with Gasteiger partial charge < -0.3 is 15.5 Å². The van der Waals surface area contributed by atoms with E-state index in [4.69, 9.17) is 5.73 Å². The van der Waals surface area contributed by atoms with Gasteiger partial charge in [0.05, 0.1) is 11.9 Å². The van der Waals surface area contributed by atoms with Crippen molar-refractivity contribution >= 4 is 5.82 Å². The Morgan fingerprint density at radius 2 is 2.11 bits per heavy atom. The average Bonchev–Trinajstić information content (AvgIpc) is 2.41. The number of aromatic nitrogens is 2. The number of nitrogens with zero attached hydrogens (tertiary/aromatic N) is 4. The zero-order valence-corrected chi connectivity index (χ0v) is 11.3. The highest BCUT2D eigenvalue weighted by atomic mass is 15.2. The summed E-state index contributed by atoms with van der Waals surface area (Å²) in [5.74, 6) is 1.69. The third-order valence-corrected chi connectivity index (χ3v) is 3.64. The molecule has 1 aliphatic rings. The van der Waals surface area contributed by atoms with Crippen LogP contribution in [0.4, 0.5) is 5.82 Å². The highest BCUT2D eigenvalue weighted by Gasteiger charge is 2.18. The van der Waals surface area contributed by atoms with Gasteiger partial charge in [-0.3, -0.25) is 4.98 Å². The van der Waals surface area contributed by atoms with E-state index in [2.05, 4.69) is 33.9 Å². The fourth-order valence-corrected chi connectivity index (χ4v) is 2.40. The van der Waals surface area contributed by atoms with E-state index in [0.29, 0.717) is 6.54 Å². The molecule has 0 bridgehead atoms. The maximum Gasteiger partial charge on any atom is 0.147 e. The van der Waals surface area contributed by atoms with E-state index >= 15 is 0 Å². The molecule has 0 aliphatic carbocycles. The molecule has 0 aromatic carbocycles. The topological polar surface area (TPSA) is 58.3 Å². The molecular formula is C13H23N5. The minimum atomic E-state index is 0.447. The standard InChI is InChI=1S/C13H23N5/c1-17-5-3-11(4-6-17)10-18(2)13-9-15-8-12(7-14)16-13/h8-9,11H,3-7,10,14H2,1-2H3. The number of hydrogen-bond acceptors (Lipinski definition) is 5. The van der Waals surface area contributed by atoms with Crippen molar-refractivity contribution in [1.29, 1.82) is 0 Å². The summed E-state index contributed by atoms with van der Waals surface area (Å²) >= 11 is 0. The predicted molar refractivity (Wildman–Crippen MR) is 73.4 cm³/mol. The molecule has 0 amide bonds. The Labute approximate surface area is 109 Å². The summed E-state index contributed by atoms with van der Waals surface area (Å²) < 4.78 is 0. The molecule has 1 aromatic heterocycles. The molecule has 0 unspecified atom stereocenters. The summed E-state index contributed by atoms with van der Waals surface area (Å²) in [4.78, 5) is 13.3. The van der Waals surface area contributed by atoms with Crippen molar-refractivity contribution in [3.63, 3.8) is 0 Å². The van der Waals surface area contributed by atoms with Crippen molar-refractivity contribution in [2.24, 2.45) is 11.7 Å². The second-order valence-corrected chi connectivity index (χ2v) is 5.20. The maximum absolute atomic E-state index is 5.59. The van der Waals surface area contributed by atoms with Gasteiger partial charge in [0.15, 0.2) is 0 Å². The Bertz CT molecular complexity index is 373. The zero-order valence-electron chi connectivity index (χ0n) is 11.3. The number of anilines is 1. The third-order valence-electron chi connectivity index (χ3n) is 3.64. The number of hydrogen-bond donors (Lipinski definition) is 1. The second kappa shape index (κ2) is 6.11. The number of rotatable bonds is 4. The van der Waals surface area contributed by atoms with Crippen LogP contribution in [0.5, 0.6) is 0 Å². The van der Waals surface area contributed by atoms with Gasteiger partial charge in [-0.1, -0.05) is 0 Å². The van der Waals surface area contributed by atoms with E-state index in [0.717, 1.165) is 24.0 Å². The second-order valence-electron chi connectivity index (χ2n) is 5.20. The van der Waals surface area contributed by atoms with Gasteiger partial charge in [-0.25, -0.2) is 4.98 Å². The Morgan fingerprint density at radius 1 is 1.39 bits per heavy atom. The van der Waals surface area contributed by atoms with E-state index in [1.165, 1.54) is 25.9 Å². The van der Waals surface area contributed by atoms with Gasteiger partial charge >= 0.3 is 0 Å². The molecule has 0 atom stereocenters. The molecule has 2 heterocycles. The Morgan fingerprint density at radius 3 is 2.78 bits per heavy atom. The van der Waals surface area contributed by atoms with E-state index in [1.54, 1.807) is 6.20 Å². The normalized spacial score (nSPS) is 17.9. The highest BCUT2D eigenvalue weighted by Crippen LogP contribution is 2.19. The van der Waals surface area contributed by atoms with Gasteiger partial charge in [0.25, 0.3) is 0 Å². The van der Waals surface area contributed by atoms with Crippen LogP contribution in [0, 0.1) is 5.92 Å². The summed E-state index contributed by atoms with van der Waals surface area (Å²) in [7, 11) is 4.28. The van der Waals surface area contributed by atoms with Gasteiger partial charge in [0, 0.05) is 26.3 Å². The maximum atomic E-state index is 5.59. The summed E-state index contributed by atoms with van der Waals surface area (Å²) in [6, 6.07) is 0. The molecule has 2 N–H and O–H groups in total. The molecule has 1 fully saturated rings. The van der Waals surface area contributed by atoms with E-state index in [1.807, 2.05) is 6.20 Å². The Kier molecular flexibility index (Phi) is 4.49. The number of piperidine rings is 1. The lowest BCUT2D eigenvalue weighted by molar-refractivity contribution is 0.222. The number of nitrogens with two attached hydrogens (primary N) is 1. The van der Waals surface area contributed by atoms with Crippen LogP contribution < -0.4 is 10.6 Å². The molecule has 5 nitrogen and oxygen atoms in total. The van der Waals surface area contributed by atoms with Gasteiger partial charge in [0.1, 0.15) is 5.82 Å². The molecule has 1 aromatic rings. The summed E-state index contributed by atoms with van der Waals surface area (Å²) in [5.41, 5.74) is 6.44. The Hall–Kier alpha value is -1.20. The van der Waals surface area contributed by atoms with Crippen LogP contribution in [0.2, 0.25) is 0 Å². The third kappa shape index (κ3) is 3.40. The molecule has 0 spiro atoms. The average molecular weight is 249 g/mol. The highest BCUT2D eigenvalue weighted by molar-refractivity contribution is 5.35. The van der Waals surface area contributed by atoms with Crippen LogP contribution >= 0.6 is 0 Å². The van der Waals surface area contributed by atoms with Crippen LogP contribution in [0.3, 0.4) is 0 Å². The van der Waals surface area contributed by atoms with Crippen molar-refractivity contribution in [1.82, 2.24) is 14.9 Å². The lowest BCUT2D eigenvalue weighted by atomic mass is 9.97. The van der Waals surface area contributed by atoms with Crippen molar-refractivity contribution < 1.29 is 0 Å². The Balaban J connectivity index is 1.92. The van der Waals surface area contributed by atoms with E-state index in [9.17, 15) is 0 Å². The lowest BCUT2D eigenvalue weighted by Crippen LogP contribution is -2.36. The fourth-order valence-electron chi connectivity index (χ4n) is 2.40. The molecule has 18 heavy (non-hydrogen) atoms. The molecule has 100 valence electrons. The van der Waals surface area contributed by atoms with Gasteiger partial charge in [-0.05, 0) is 38.9 Å². The lowest BCUT2D eigenvalue weighted by Gasteiger charge is -2.32. The summed E-state index contributed by atoms with van der Waals surface area (Å²) in [6.45, 7) is 3.90. The van der Waals surface area contributed by atoms with E-state index < -0.39 is 0 Å². The smallest absolute Gasteiger partial charge is 0.147 e. The first-order valence-corrected chi connectivity index (χ1v) is 6.59. The summed E-state index contributed by atoms with van der Waals surface area (Å²) in [6.07, 6.45) is 6.08. The molecule has 5 heteroatoms. The van der Waals surface area contributed by atoms with Gasteiger partial charge in [0.2, 0.25) is 0 Å². The first-order valence-electron chi connectivity index (χ1n) is 6.59. The van der Waals surface area contributed by atoms with Crippen molar-refractivity contribution in [2.45, 2.75) is 19.4 Å². The monoisotopic (exact) mass is 249 g/mol. The fraction of sp³-hybridized carbons (Fsp3) is 0.692. The van der Waals surface area contributed by atoms with Crippen molar-refractivity contribution in [3.05, 3.63) is 18.1 Å². The van der Waals surface area contributed by atoms with Gasteiger partial charge in [-0.2, -0.15) is 0 Å². The van der Waals surface area contributed by atoms with Crippen LogP contribution in [0.25, 0.3) is 0 Å². The van der Waals surface area contributed by atoms with Crippen LogP contribution in [0.1, 0.15) is 18.5 Å². The quantitative estimate of drug-likeness (QED) is 0.852. The minimum absolute atomic E-state index is 0.447. The van der Waals surface area contributed by atoms with E-state index in [-0.39, 0.29) is 0 Å². The van der Waals surface area contributed by atoms with Crippen LogP contribution in [0.15, 0.2) is 12.4 Å². The first kappa shape index (κ1) is 13.2. The summed E-state index contributed by atoms with van der Waals surface area (Å²) in [5, 5.41) is 0. The first-order chi connectivity index (χ1) is 8.69. The molecule has 0 radical (unpaired) electrons.